The maximum Gasteiger partial charge on any atom is 0.161 e. The minimum Gasteiger partial charge on any atom is -0.503 e. The third-order valence-electron chi connectivity index (χ3n) is 1.44. The Morgan fingerprint density at radius 3 is 1.84 bits per heavy atom. The number of nitrogens with zero attached hydrogens (tertiary/aromatic N) is 3. The van der Waals surface area contributed by atoms with Crippen molar-refractivity contribution in [2.75, 3.05) is 52.7 Å². The van der Waals surface area contributed by atoms with Gasteiger partial charge < -0.3 is 41.8 Å². The Hall–Kier alpha value is 0.0378. The summed E-state index contributed by atoms with van der Waals surface area (Å²) in [5.41, 5.74) is 7.78. The van der Waals surface area contributed by atoms with Crippen molar-refractivity contribution in [2.45, 2.75) is 0 Å². The Morgan fingerprint density at radius 1 is 1.04 bits per heavy atom. The molecule has 0 spiro atoms. The Morgan fingerprint density at radius 2 is 1.48 bits per heavy atom. The predicted molar refractivity (Wildman–Crippen MR) is 81.2 cm³/mol. The fraction of sp³-hybridized carbons (Fsp3) is 0.667. The van der Waals surface area contributed by atoms with Gasteiger partial charge in [0.25, 0.3) is 0 Å². The minimum atomic E-state index is -1.08. The van der Waals surface area contributed by atoms with Crippen LogP contribution in [0, 0.1) is 13.8 Å². The standard InChI is InChI=1S/C6H12NO3.C4H9N3O2.C2H3O2.2Y/c1-6(9)7-2-4-10-5-3-8;5-7-6-1-3-9-4-2-8;1-2(3)4;;/h8H,1-5H2,(H,7,9);8H,1-4H2;1H2,(H,3,4);;/q-1;;-1;;. The normalized spacial score (nSPS) is 7.76. The Kier molecular flexibility index (Phi) is 50.7. The average Bonchev–Trinajstić information content (AvgIpc) is 2.47. The molecule has 0 aliphatic heterocycles. The molecule has 0 heterocycles. The van der Waals surface area contributed by atoms with Crippen LogP contribution in [0.3, 0.4) is 0 Å². The van der Waals surface area contributed by atoms with Crippen molar-refractivity contribution >= 4 is 11.9 Å². The first-order valence-corrected chi connectivity index (χ1v) is 6.45. The zero-order chi connectivity index (χ0) is 18.3. The molecule has 0 saturated heterocycles. The van der Waals surface area contributed by atoms with Gasteiger partial charge in [0.2, 0.25) is 0 Å². The number of rotatable bonds is 10. The van der Waals surface area contributed by atoms with Crippen molar-refractivity contribution in [2.24, 2.45) is 5.11 Å². The van der Waals surface area contributed by atoms with Crippen LogP contribution in [0.2, 0.25) is 0 Å². The molecule has 4 N–H and O–H groups in total. The molecule has 0 aromatic rings. The second kappa shape index (κ2) is 35.2. The number of hydrogen-bond donors (Lipinski definition) is 4. The molecule has 0 atom stereocenters. The molecule has 25 heavy (non-hydrogen) atoms. The van der Waals surface area contributed by atoms with E-state index in [1.165, 1.54) is 0 Å². The number of carboxylic acid groups (broad SMARTS) is 1. The van der Waals surface area contributed by atoms with Crippen LogP contribution in [0.15, 0.2) is 5.11 Å². The van der Waals surface area contributed by atoms with Gasteiger partial charge in [-0.2, -0.15) is 0 Å². The van der Waals surface area contributed by atoms with Crippen LogP contribution < -0.4 is 5.32 Å². The largest absolute Gasteiger partial charge is 0.503 e. The number of aliphatic hydroxyl groups is 2. The quantitative estimate of drug-likeness (QED) is 0.0966. The fourth-order valence-electron chi connectivity index (χ4n) is 0.746. The minimum absolute atomic E-state index is 0. The second-order valence-electron chi connectivity index (χ2n) is 3.37. The first-order chi connectivity index (χ1) is 10.9. The summed E-state index contributed by atoms with van der Waals surface area (Å²) in [5, 5.41) is 29.4. The molecule has 0 aliphatic carbocycles. The maximum absolute atomic E-state index is 10.1. The third kappa shape index (κ3) is 68.7. The van der Waals surface area contributed by atoms with Gasteiger partial charge in [-0.25, -0.2) is 0 Å². The zero-order valence-electron chi connectivity index (χ0n) is 14.0. The molecule has 142 valence electrons. The predicted octanol–water partition coefficient (Wildman–Crippen LogP) is -0.849. The van der Waals surface area contributed by atoms with E-state index in [9.17, 15) is 4.79 Å². The summed E-state index contributed by atoms with van der Waals surface area (Å²) in [6, 6.07) is 0. The molecule has 0 unspecified atom stereocenters. The zero-order valence-corrected chi connectivity index (χ0v) is 19.7. The summed E-state index contributed by atoms with van der Waals surface area (Å²) in [6.07, 6.45) is 0. The Balaban J connectivity index is -0.0000000829. The van der Waals surface area contributed by atoms with Crippen LogP contribution in [0.25, 0.3) is 10.4 Å². The molecule has 0 fully saturated rings. The van der Waals surface area contributed by atoms with E-state index in [0.717, 1.165) is 0 Å². The molecule has 0 aromatic carbocycles. The Bertz CT molecular complexity index is 329. The van der Waals surface area contributed by atoms with E-state index in [2.05, 4.69) is 29.2 Å². The summed E-state index contributed by atoms with van der Waals surface area (Å²) in [4.78, 5) is 21.6. The average molecular weight is 514 g/mol. The van der Waals surface area contributed by atoms with Crippen molar-refractivity contribution in [1.29, 1.82) is 0 Å². The number of ether oxygens (including phenoxy) is 2. The van der Waals surface area contributed by atoms with Crippen LogP contribution in [0.4, 0.5) is 0 Å². The molecule has 0 saturated carbocycles. The number of aliphatic hydroxyl groups excluding tert-OH is 2. The number of carboxylic acids is 1. The molecule has 0 aliphatic rings. The van der Waals surface area contributed by atoms with Gasteiger partial charge in [-0.3, -0.25) is 11.7 Å². The van der Waals surface area contributed by atoms with Gasteiger partial charge in [0.05, 0.1) is 45.5 Å². The number of nitrogens with one attached hydrogen (secondary N) is 1. The molecule has 1 amide bonds. The number of hydrogen-bond acceptors (Lipinski definition) is 7. The van der Waals surface area contributed by atoms with Crippen molar-refractivity contribution in [1.82, 2.24) is 5.32 Å². The molecular formula is C12H24N4O7Y2-2. The van der Waals surface area contributed by atoms with Crippen molar-refractivity contribution < 1.29 is 99.8 Å². The summed E-state index contributed by atoms with van der Waals surface area (Å²) >= 11 is 0. The maximum atomic E-state index is 10.1. The summed E-state index contributed by atoms with van der Waals surface area (Å²) < 4.78 is 9.61. The number of amides is 1. The molecule has 13 heteroatoms. The van der Waals surface area contributed by atoms with Crippen LogP contribution in [-0.2, 0) is 84.5 Å². The van der Waals surface area contributed by atoms with Crippen molar-refractivity contribution in [3.63, 3.8) is 0 Å². The van der Waals surface area contributed by atoms with Gasteiger partial charge >= 0.3 is 0 Å². The number of carbonyl (C=O) groups is 2. The van der Waals surface area contributed by atoms with Gasteiger partial charge in [-0.15, -0.1) is 0 Å². The first kappa shape index (κ1) is 36.0. The van der Waals surface area contributed by atoms with E-state index in [-0.39, 0.29) is 84.5 Å². The number of azide groups is 1. The van der Waals surface area contributed by atoms with E-state index in [4.69, 9.17) is 35.1 Å². The summed E-state index contributed by atoms with van der Waals surface area (Å²) in [7, 11) is 0. The Labute approximate surface area is 197 Å². The van der Waals surface area contributed by atoms with Crippen molar-refractivity contribution in [3.8, 4) is 0 Å². The molecule has 11 nitrogen and oxygen atoms in total. The van der Waals surface area contributed by atoms with Gasteiger partial charge in [0, 0.05) is 83.4 Å². The number of carbonyl (C=O) groups excluding carboxylic acids is 1. The van der Waals surface area contributed by atoms with Gasteiger partial charge in [0.1, 0.15) is 0 Å². The number of aliphatic carboxylic acids is 1. The molecule has 0 bridgehead atoms. The van der Waals surface area contributed by atoms with E-state index in [0.29, 0.717) is 39.5 Å². The monoisotopic (exact) mass is 514 g/mol. The van der Waals surface area contributed by atoms with Crippen LogP contribution in [0.5, 0.6) is 0 Å². The molecular weight excluding hydrogens is 490 g/mol. The molecule has 2 radical (unpaired) electrons. The SMILES string of the molecule is [CH2-]C(=O)NCCOCCO.[CH2-]C(=O)O.[N-]=[N+]=NCCOCCO.[Y].[Y]. The van der Waals surface area contributed by atoms with E-state index < -0.39 is 5.97 Å². The van der Waals surface area contributed by atoms with Crippen LogP contribution >= 0.6 is 0 Å². The first-order valence-electron chi connectivity index (χ1n) is 6.45. The smallest absolute Gasteiger partial charge is 0.161 e. The van der Waals surface area contributed by atoms with Gasteiger partial charge in [0.15, 0.2) is 5.97 Å². The molecule has 0 aromatic heterocycles. The van der Waals surface area contributed by atoms with E-state index in [1.807, 2.05) is 0 Å². The fourth-order valence-corrected chi connectivity index (χ4v) is 0.746. The van der Waals surface area contributed by atoms with Crippen LogP contribution in [0.1, 0.15) is 0 Å². The van der Waals surface area contributed by atoms with Crippen LogP contribution in [-0.4, -0.2) is 79.9 Å². The van der Waals surface area contributed by atoms with Gasteiger partial charge in [-0.05, 0) is 5.53 Å². The van der Waals surface area contributed by atoms with Gasteiger partial charge in [-0.1, -0.05) is 5.11 Å². The van der Waals surface area contributed by atoms with E-state index in [1.54, 1.807) is 0 Å². The second-order valence-corrected chi connectivity index (χ2v) is 3.37. The van der Waals surface area contributed by atoms with E-state index >= 15 is 0 Å². The summed E-state index contributed by atoms with van der Waals surface area (Å²) in [5.74, 6) is -1.40. The molecule has 0 rings (SSSR count). The summed E-state index contributed by atoms with van der Waals surface area (Å²) in [6.45, 7) is 7.87. The topological polar surface area (TPSA) is 174 Å². The third-order valence-corrected chi connectivity index (χ3v) is 1.44. The van der Waals surface area contributed by atoms with Crippen molar-refractivity contribution in [3.05, 3.63) is 24.3 Å².